The lowest BCUT2D eigenvalue weighted by molar-refractivity contribution is 0.0494. The number of rotatable bonds is 2. The summed E-state index contributed by atoms with van der Waals surface area (Å²) in [4.78, 5) is 0. The Balaban J connectivity index is 1.68. The van der Waals surface area contributed by atoms with Gasteiger partial charge in [0.25, 0.3) is 0 Å². The van der Waals surface area contributed by atoms with Gasteiger partial charge in [-0.25, -0.2) is 0 Å². The summed E-state index contributed by atoms with van der Waals surface area (Å²) in [7, 11) is 0. The lowest BCUT2D eigenvalue weighted by atomic mass is 9.83. The molecule has 1 saturated carbocycles. The topological polar surface area (TPSA) is 29.5 Å². The maximum atomic E-state index is 10.2. The van der Waals surface area contributed by atoms with Crippen LogP contribution in [-0.4, -0.2) is 11.2 Å². The molecular weight excluding hydrogens is 260 g/mol. The van der Waals surface area contributed by atoms with Crippen molar-refractivity contribution in [3.05, 3.63) is 28.8 Å². The van der Waals surface area contributed by atoms with E-state index in [4.69, 9.17) is 16.3 Å². The number of hydrogen-bond acceptors (Lipinski definition) is 2. The first kappa shape index (κ1) is 13.3. The quantitative estimate of drug-likeness (QED) is 0.864. The molecule has 1 fully saturated rings. The molecule has 104 valence electrons. The summed E-state index contributed by atoms with van der Waals surface area (Å²) in [5, 5.41) is 10.9. The van der Waals surface area contributed by atoms with Gasteiger partial charge in [-0.1, -0.05) is 43.7 Å². The van der Waals surface area contributed by atoms with Gasteiger partial charge in [0.15, 0.2) is 0 Å². The van der Waals surface area contributed by atoms with E-state index < -0.39 is 6.10 Å². The first-order chi connectivity index (χ1) is 9.22. The van der Waals surface area contributed by atoms with Gasteiger partial charge in [0, 0.05) is 17.0 Å². The number of benzene rings is 1. The van der Waals surface area contributed by atoms with E-state index in [9.17, 15) is 5.11 Å². The molecule has 1 aliphatic heterocycles. The third-order valence-electron chi connectivity index (χ3n) is 4.43. The zero-order chi connectivity index (χ0) is 13.2. The number of hydrogen-bond donors (Lipinski definition) is 1. The minimum absolute atomic E-state index is 0.159. The predicted octanol–water partition coefficient (Wildman–Crippen LogP) is 4.49. The smallest absolute Gasteiger partial charge is 0.125 e. The average Bonchev–Trinajstić information content (AvgIpc) is 2.41. The Kier molecular flexibility index (Phi) is 3.99. The molecule has 0 radical (unpaired) electrons. The molecule has 0 amide bonds. The van der Waals surface area contributed by atoms with Crippen molar-refractivity contribution in [2.45, 2.75) is 57.2 Å². The van der Waals surface area contributed by atoms with Gasteiger partial charge in [-0.2, -0.15) is 0 Å². The van der Waals surface area contributed by atoms with Crippen LogP contribution in [-0.2, 0) is 0 Å². The fourth-order valence-corrected chi connectivity index (χ4v) is 3.61. The minimum Gasteiger partial charge on any atom is -0.490 e. The molecule has 0 aromatic heterocycles. The normalized spacial score (nSPS) is 27.7. The van der Waals surface area contributed by atoms with Crippen LogP contribution < -0.4 is 4.74 Å². The summed E-state index contributed by atoms with van der Waals surface area (Å²) in [6.45, 7) is 0. The number of halogens is 1. The SMILES string of the molecule is O[C@H]1CC(CC2CCCCC2)Oc2ccc(Cl)cc21. The first-order valence-corrected chi connectivity index (χ1v) is 7.74. The summed E-state index contributed by atoms with van der Waals surface area (Å²) >= 11 is 5.97. The second-order valence-corrected chi connectivity index (χ2v) is 6.35. The Hall–Kier alpha value is -0.730. The maximum absolute atomic E-state index is 10.2. The van der Waals surface area contributed by atoms with Crippen molar-refractivity contribution in [1.82, 2.24) is 0 Å². The Morgan fingerprint density at radius 3 is 2.79 bits per heavy atom. The van der Waals surface area contributed by atoms with Crippen molar-refractivity contribution in [3.63, 3.8) is 0 Å². The molecule has 1 unspecified atom stereocenters. The molecule has 0 saturated heterocycles. The molecule has 3 heteroatoms. The number of ether oxygens (including phenoxy) is 1. The Bertz CT molecular complexity index is 440. The Morgan fingerprint density at radius 2 is 2.00 bits per heavy atom. The van der Waals surface area contributed by atoms with Crippen molar-refractivity contribution in [3.8, 4) is 5.75 Å². The molecule has 3 rings (SSSR count). The van der Waals surface area contributed by atoms with Gasteiger partial charge in [0.05, 0.1) is 6.10 Å². The molecule has 0 bridgehead atoms. The standard InChI is InChI=1S/C16H21ClO2/c17-12-6-7-16-14(9-12)15(18)10-13(19-16)8-11-4-2-1-3-5-11/h6-7,9,11,13,15,18H,1-5,8,10H2/t13?,15-/m0/s1. The largest absolute Gasteiger partial charge is 0.490 e. The van der Waals surface area contributed by atoms with Gasteiger partial charge in [0.1, 0.15) is 11.9 Å². The van der Waals surface area contributed by atoms with Crippen molar-refractivity contribution in [2.75, 3.05) is 0 Å². The fraction of sp³-hybridized carbons (Fsp3) is 0.625. The van der Waals surface area contributed by atoms with Crippen LogP contribution in [0.3, 0.4) is 0 Å². The molecule has 1 aliphatic carbocycles. The molecule has 19 heavy (non-hydrogen) atoms. The molecule has 2 aliphatic rings. The third kappa shape index (κ3) is 3.06. The van der Waals surface area contributed by atoms with Gasteiger partial charge in [0.2, 0.25) is 0 Å². The predicted molar refractivity (Wildman–Crippen MR) is 76.6 cm³/mol. The molecular formula is C16H21ClO2. The first-order valence-electron chi connectivity index (χ1n) is 7.36. The molecule has 2 atom stereocenters. The second-order valence-electron chi connectivity index (χ2n) is 5.91. The lowest BCUT2D eigenvalue weighted by Crippen LogP contribution is -2.28. The molecule has 2 nitrogen and oxygen atoms in total. The highest BCUT2D eigenvalue weighted by Gasteiger charge is 2.29. The van der Waals surface area contributed by atoms with Gasteiger partial charge in [-0.15, -0.1) is 0 Å². The maximum Gasteiger partial charge on any atom is 0.125 e. The summed E-state index contributed by atoms with van der Waals surface area (Å²) in [6, 6.07) is 5.53. The number of fused-ring (bicyclic) bond motifs is 1. The van der Waals surface area contributed by atoms with Crippen LogP contribution >= 0.6 is 11.6 Å². The highest BCUT2D eigenvalue weighted by molar-refractivity contribution is 6.30. The summed E-state index contributed by atoms with van der Waals surface area (Å²) in [5.74, 6) is 1.59. The third-order valence-corrected chi connectivity index (χ3v) is 4.67. The minimum atomic E-state index is -0.434. The zero-order valence-corrected chi connectivity index (χ0v) is 11.9. The van der Waals surface area contributed by atoms with E-state index in [1.807, 2.05) is 18.2 Å². The highest BCUT2D eigenvalue weighted by Crippen LogP contribution is 2.39. The van der Waals surface area contributed by atoms with Crippen molar-refractivity contribution in [2.24, 2.45) is 5.92 Å². The van der Waals surface area contributed by atoms with Gasteiger partial charge in [-0.3, -0.25) is 0 Å². The van der Waals surface area contributed by atoms with E-state index in [1.54, 1.807) is 0 Å². The Labute approximate surface area is 119 Å². The van der Waals surface area contributed by atoms with Gasteiger partial charge < -0.3 is 9.84 Å². The van der Waals surface area contributed by atoms with Crippen LogP contribution in [0.2, 0.25) is 5.02 Å². The molecule has 1 N–H and O–H groups in total. The molecule has 1 heterocycles. The van der Waals surface area contributed by atoms with E-state index >= 15 is 0 Å². The van der Waals surface area contributed by atoms with Crippen LogP contribution in [0, 0.1) is 5.92 Å². The zero-order valence-electron chi connectivity index (χ0n) is 11.1. The summed E-state index contributed by atoms with van der Waals surface area (Å²) in [5.41, 5.74) is 0.840. The molecule has 1 aromatic carbocycles. The average molecular weight is 281 g/mol. The van der Waals surface area contributed by atoms with Gasteiger partial charge >= 0.3 is 0 Å². The molecule has 0 spiro atoms. The summed E-state index contributed by atoms with van der Waals surface area (Å²) in [6.07, 6.45) is 8.24. The van der Waals surface area contributed by atoms with E-state index in [1.165, 1.54) is 32.1 Å². The molecule has 1 aromatic rings. The van der Waals surface area contributed by atoms with Crippen LogP contribution in [0.5, 0.6) is 5.75 Å². The monoisotopic (exact) mass is 280 g/mol. The Morgan fingerprint density at radius 1 is 1.21 bits per heavy atom. The number of aliphatic hydroxyl groups excluding tert-OH is 1. The van der Waals surface area contributed by atoms with Crippen molar-refractivity contribution >= 4 is 11.6 Å². The van der Waals surface area contributed by atoms with Crippen molar-refractivity contribution < 1.29 is 9.84 Å². The fourth-order valence-electron chi connectivity index (χ4n) is 3.43. The van der Waals surface area contributed by atoms with Crippen LogP contribution in [0.25, 0.3) is 0 Å². The van der Waals surface area contributed by atoms with Crippen LogP contribution in [0.15, 0.2) is 18.2 Å². The lowest BCUT2D eigenvalue weighted by Gasteiger charge is -2.33. The van der Waals surface area contributed by atoms with E-state index in [0.29, 0.717) is 11.4 Å². The summed E-state index contributed by atoms with van der Waals surface area (Å²) < 4.78 is 6.04. The highest BCUT2D eigenvalue weighted by atomic mass is 35.5. The van der Waals surface area contributed by atoms with Crippen LogP contribution in [0.1, 0.15) is 56.6 Å². The van der Waals surface area contributed by atoms with Gasteiger partial charge in [-0.05, 0) is 30.5 Å². The number of aliphatic hydroxyl groups is 1. The van der Waals surface area contributed by atoms with Crippen molar-refractivity contribution in [1.29, 1.82) is 0 Å². The van der Waals surface area contributed by atoms with E-state index in [0.717, 1.165) is 23.7 Å². The van der Waals surface area contributed by atoms with E-state index in [2.05, 4.69) is 0 Å². The van der Waals surface area contributed by atoms with Crippen LogP contribution in [0.4, 0.5) is 0 Å². The van der Waals surface area contributed by atoms with E-state index in [-0.39, 0.29) is 6.10 Å². The second kappa shape index (κ2) is 5.72.